The fourth-order valence-corrected chi connectivity index (χ4v) is 2.28. The topological polar surface area (TPSA) is 51.7 Å². The number of hydrogen-bond donors (Lipinski definition) is 0. The maximum Gasteiger partial charge on any atom is 0.422 e. The molecule has 0 radical (unpaired) electrons. The summed E-state index contributed by atoms with van der Waals surface area (Å²) in [5, 5.41) is -0.172. The summed E-state index contributed by atoms with van der Waals surface area (Å²) < 4.78 is 46.6. The molecule has 0 aliphatic rings. The maximum atomic E-state index is 12.4. The van der Waals surface area contributed by atoms with Crippen LogP contribution in [0.4, 0.5) is 13.2 Å². The van der Waals surface area contributed by atoms with Crippen LogP contribution in [0.3, 0.4) is 0 Å². The quantitative estimate of drug-likeness (QED) is 0.698. The van der Waals surface area contributed by atoms with Gasteiger partial charge in [0, 0.05) is 13.2 Å². The van der Waals surface area contributed by atoms with Crippen molar-refractivity contribution in [2.45, 2.75) is 13.1 Å². The highest BCUT2D eigenvalue weighted by Crippen LogP contribution is 2.25. The first-order valence-electron chi connectivity index (χ1n) is 7.96. The lowest BCUT2D eigenvalue weighted by Crippen LogP contribution is -2.31. The number of ether oxygens (including phenoxy) is 2. The molecule has 2 aromatic rings. The normalized spacial score (nSPS) is 11.2. The van der Waals surface area contributed by atoms with Crippen molar-refractivity contribution in [1.29, 1.82) is 0 Å². The van der Waals surface area contributed by atoms with Crippen molar-refractivity contribution in [2.24, 2.45) is 0 Å². The number of hydrogen-bond acceptors (Lipinski definition) is 4. The number of aromatic nitrogens is 1. The largest absolute Gasteiger partial charge is 0.492 e. The SMILES string of the molecule is Cc1ccc(OCCN(C)C(=O)c2cnc(OCC(F)(F)F)c(Cl)c2)cc1. The van der Waals surface area contributed by atoms with Gasteiger partial charge in [0.1, 0.15) is 17.4 Å². The van der Waals surface area contributed by atoms with Crippen LogP contribution in [0.5, 0.6) is 11.6 Å². The van der Waals surface area contributed by atoms with Crippen molar-refractivity contribution in [1.82, 2.24) is 9.88 Å². The fourth-order valence-electron chi connectivity index (χ4n) is 2.06. The summed E-state index contributed by atoms with van der Waals surface area (Å²) in [6.07, 6.45) is -3.38. The second-order valence-corrected chi connectivity index (χ2v) is 6.21. The minimum atomic E-state index is -4.50. The Kier molecular flexibility index (Phi) is 6.90. The zero-order chi connectivity index (χ0) is 20.0. The molecule has 2 rings (SSSR count). The second kappa shape index (κ2) is 8.94. The molecule has 0 N–H and O–H groups in total. The summed E-state index contributed by atoms with van der Waals surface area (Å²) >= 11 is 5.85. The first kappa shape index (κ1) is 20.8. The molecule has 1 aromatic heterocycles. The average Bonchev–Trinajstić information content (AvgIpc) is 2.60. The lowest BCUT2D eigenvalue weighted by molar-refractivity contribution is -0.154. The van der Waals surface area contributed by atoms with Crippen molar-refractivity contribution in [3.05, 3.63) is 52.7 Å². The van der Waals surface area contributed by atoms with Crippen LogP contribution in [0.15, 0.2) is 36.5 Å². The van der Waals surface area contributed by atoms with E-state index in [9.17, 15) is 18.0 Å². The molecule has 0 saturated carbocycles. The molecular weight excluding hydrogens is 385 g/mol. The number of likely N-dealkylation sites (N-methyl/N-ethyl adjacent to an activating group) is 1. The first-order valence-corrected chi connectivity index (χ1v) is 8.33. The zero-order valence-corrected chi connectivity index (χ0v) is 15.5. The summed E-state index contributed by atoms with van der Waals surface area (Å²) in [5.41, 5.74) is 1.25. The third-order valence-electron chi connectivity index (χ3n) is 3.49. The number of pyridine rings is 1. The monoisotopic (exact) mass is 402 g/mol. The lowest BCUT2D eigenvalue weighted by atomic mass is 10.2. The van der Waals surface area contributed by atoms with Crippen molar-refractivity contribution >= 4 is 17.5 Å². The number of aryl methyl sites for hydroxylation is 1. The molecule has 5 nitrogen and oxygen atoms in total. The Morgan fingerprint density at radius 1 is 1.22 bits per heavy atom. The molecule has 1 heterocycles. The molecular formula is C18H18ClF3N2O3. The van der Waals surface area contributed by atoms with E-state index in [-0.39, 0.29) is 29.0 Å². The van der Waals surface area contributed by atoms with Crippen LogP contribution in [-0.2, 0) is 0 Å². The van der Waals surface area contributed by atoms with Crippen LogP contribution in [0.25, 0.3) is 0 Å². The van der Waals surface area contributed by atoms with E-state index in [2.05, 4.69) is 9.72 Å². The van der Waals surface area contributed by atoms with Crippen LogP contribution in [0.1, 0.15) is 15.9 Å². The van der Waals surface area contributed by atoms with Gasteiger partial charge in [-0.15, -0.1) is 0 Å². The molecule has 9 heteroatoms. The number of amides is 1. The highest BCUT2D eigenvalue weighted by molar-refractivity contribution is 6.32. The lowest BCUT2D eigenvalue weighted by Gasteiger charge is -2.18. The summed E-state index contributed by atoms with van der Waals surface area (Å²) in [6, 6.07) is 8.72. The number of carbonyl (C=O) groups excluding carboxylic acids is 1. The van der Waals surface area contributed by atoms with Crippen molar-refractivity contribution in [2.75, 3.05) is 26.8 Å². The van der Waals surface area contributed by atoms with Gasteiger partial charge in [0.25, 0.3) is 5.91 Å². The molecule has 1 aromatic carbocycles. The molecule has 0 aliphatic carbocycles. The standard InChI is InChI=1S/C18H18ClF3N2O3/c1-12-3-5-14(6-4-12)26-8-7-24(2)17(25)13-9-15(19)16(23-10-13)27-11-18(20,21)22/h3-6,9-10H,7-8,11H2,1-2H3. The number of carbonyl (C=O) groups is 1. The van der Waals surface area contributed by atoms with Crippen LogP contribution < -0.4 is 9.47 Å². The second-order valence-electron chi connectivity index (χ2n) is 5.80. The molecule has 0 unspecified atom stereocenters. The zero-order valence-electron chi connectivity index (χ0n) is 14.7. The molecule has 146 valence electrons. The van der Waals surface area contributed by atoms with Gasteiger partial charge in [0.2, 0.25) is 5.88 Å². The van der Waals surface area contributed by atoms with Crippen LogP contribution in [0, 0.1) is 6.92 Å². The predicted molar refractivity (Wildman–Crippen MR) is 94.4 cm³/mol. The Morgan fingerprint density at radius 3 is 2.48 bits per heavy atom. The van der Waals surface area contributed by atoms with E-state index in [0.29, 0.717) is 12.3 Å². The molecule has 1 amide bonds. The van der Waals surface area contributed by atoms with Crippen LogP contribution in [0.2, 0.25) is 5.02 Å². The van der Waals surface area contributed by atoms with Gasteiger partial charge in [0.05, 0.1) is 12.1 Å². The number of benzene rings is 1. The van der Waals surface area contributed by atoms with Gasteiger partial charge in [-0.25, -0.2) is 4.98 Å². The van der Waals surface area contributed by atoms with Gasteiger partial charge in [-0.05, 0) is 25.1 Å². The molecule has 0 aliphatic heterocycles. The van der Waals surface area contributed by atoms with E-state index in [0.717, 1.165) is 11.8 Å². The summed E-state index contributed by atoms with van der Waals surface area (Å²) in [6.45, 7) is 1.04. The average molecular weight is 403 g/mol. The number of halogens is 4. The Morgan fingerprint density at radius 2 is 1.89 bits per heavy atom. The van der Waals surface area contributed by atoms with E-state index in [1.54, 1.807) is 7.05 Å². The minimum absolute atomic E-state index is 0.136. The molecule has 0 saturated heterocycles. The Balaban J connectivity index is 1.89. The van der Waals surface area contributed by atoms with Gasteiger partial charge in [-0.1, -0.05) is 29.3 Å². The molecule has 0 bridgehead atoms. The van der Waals surface area contributed by atoms with Gasteiger partial charge in [-0.3, -0.25) is 4.79 Å². The molecule has 0 spiro atoms. The number of alkyl halides is 3. The molecule has 0 fully saturated rings. The van der Waals surface area contributed by atoms with Crippen molar-refractivity contribution < 1.29 is 27.4 Å². The van der Waals surface area contributed by atoms with Gasteiger partial charge < -0.3 is 14.4 Å². The molecule has 0 atom stereocenters. The van der Waals surface area contributed by atoms with Gasteiger partial charge in [-0.2, -0.15) is 13.2 Å². The number of rotatable bonds is 7. The minimum Gasteiger partial charge on any atom is -0.492 e. The van der Waals surface area contributed by atoms with Crippen LogP contribution >= 0.6 is 11.6 Å². The summed E-state index contributed by atoms with van der Waals surface area (Å²) in [7, 11) is 1.57. The Hall–Kier alpha value is -2.48. The van der Waals surface area contributed by atoms with E-state index >= 15 is 0 Å². The first-order chi connectivity index (χ1) is 12.7. The van der Waals surface area contributed by atoms with E-state index in [4.69, 9.17) is 16.3 Å². The van der Waals surface area contributed by atoms with Crippen molar-refractivity contribution in [3.63, 3.8) is 0 Å². The van der Waals surface area contributed by atoms with E-state index in [1.807, 2.05) is 31.2 Å². The number of nitrogens with zero attached hydrogens (tertiary/aromatic N) is 2. The van der Waals surface area contributed by atoms with Crippen LogP contribution in [-0.4, -0.2) is 48.8 Å². The van der Waals surface area contributed by atoms with Gasteiger partial charge in [0.15, 0.2) is 6.61 Å². The highest BCUT2D eigenvalue weighted by Gasteiger charge is 2.29. The third kappa shape index (κ3) is 6.63. The smallest absolute Gasteiger partial charge is 0.422 e. The Bertz CT molecular complexity index is 782. The maximum absolute atomic E-state index is 12.4. The third-order valence-corrected chi connectivity index (χ3v) is 3.76. The van der Waals surface area contributed by atoms with E-state index in [1.165, 1.54) is 11.0 Å². The summed E-state index contributed by atoms with van der Waals surface area (Å²) in [4.78, 5) is 17.5. The highest BCUT2D eigenvalue weighted by atomic mass is 35.5. The predicted octanol–water partition coefficient (Wildman–Crippen LogP) is 4.14. The molecule has 27 heavy (non-hydrogen) atoms. The van der Waals surface area contributed by atoms with E-state index < -0.39 is 12.8 Å². The van der Waals surface area contributed by atoms with Crippen molar-refractivity contribution in [3.8, 4) is 11.6 Å². The summed E-state index contributed by atoms with van der Waals surface area (Å²) in [5.74, 6) is -0.0764. The Labute approximate surface area is 159 Å². The van der Waals surface area contributed by atoms with Gasteiger partial charge >= 0.3 is 6.18 Å². The fraction of sp³-hybridized carbons (Fsp3) is 0.333.